The Kier molecular flexibility index (Phi) is 2.14. The predicted molar refractivity (Wildman–Crippen MR) is 39.4 cm³/mol. The molecule has 0 bridgehead atoms. The van der Waals surface area contributed by atoms with Crippen LogP contribution in [0, 0.1) is 0 Å². The number of rotatable bonds is 0. The van der Waals surface area contributed by atoms with Gasteiger partial charge in [-0.2, -0.15) is 9.18 Å². The van der Waals surface area contributed by atoms with E-state index in [1.807, 2.05) is 0 Å². The fourth-order valence-corrected chi connectivity index (χ4v) is 1.08. The number of hydrogen-bond donors (Lipinski definition) is 0. The number of halogens is 2. The van der Waals surface area contributed by atoms with Crippen LogP contribution in [-0.2, 0) is 0 Å². The minimum atomic E-state index is -0.495. The summed E-state index contributed by atoms with van der Waals surface area (Å²) in [5.74, 6) is -0.495. The molecule has 0 atom stereocenters. The van der Waals surface area contributed by atoms with E-state index in [1.54, 1.807) is 12.2 Å². The number of nitrogens with zero attached hydrogens (tertiary/aromatic N) is 2. The van der Waals surface area contributed by atoms with Gasteiger partial charge >= 0.3 is 5.71 Å². The lowest BCUT2D eigenvalue weighted by atomic mass is 10.1. The van der Waals surface area contributed by atoms with Crippen LogP contribution >= 0.6 is 15.9 Å². The van der Waals surface area contributed by atoms with Crippen molar-refractivity contribution in [2.24, 2.45) is 0 Å². The van der Waals surface area contributed by atoms with Crippen LogP contribution in [0.5, 0.6) is 0 Å². The molecule has 0 aromatic carbocycles. The van der Waals surface area contributed by atoms with E-state index in [9.17, 15) is 4.39 Å². The molecule has 0 spiro atoms. The van der Waals surface area contributed by atoms with Crippen LogP contribution in [0.25, 0.3) is 5.53 Å². The second kappa shape index (κ2) is 2.90. The van der Waals surface area contributed by atoms with Crippen LogP contribution in [0.2, 0.25) is 0 Å². The highest BCUT2D eigenvalue weighted by Gasteiger charge is 2.19. The van der Waals surface area contributed by atoms with E-state index < -0.39 is 5.83 Å². The van der Waals surface area contributed by atoms with Gasteiger partial charge in [0.15, 0.2) is 0 Å². The Balaban J connectivity index is 3.10. The molecule has 0 N–H and O–H groups in total. The first-order valence-electron chi connectivity index (χ1n) is 2.69. The lowest BCUT2D eigenvalue weighted by Crippen LogP contribution is -2.03. The van der Waals surface area contributed by atoms with Crippen molar-refractivity contribution in [1.82, 2.24) is 0 Å². The predicted octanol–water partition coefficient (Wildman–Crippen LogP) is 2.19. The SMILES string of the molecule is [N-]=[N+]=C1CC=CC(Br)=C1F. The van der Waals surface area contributed by atoms with Crippen LogP contribution in [0.3, 0.4) is 0 Å². The van der Waals surface area contributed by atoms with Gasteiger partial charge in [-0.1, -0.05) is 6.08 Å². The lowest BCUT2D eigenvalue weighted by molar-refractivity contribution is -0.00829. The normalized spacial score (nSPS) is 17.6. The van der Waals surface area contributed by atoms with Gasteiger partial charge in [0.2, 0.25) is 5.83 Å². The van der Waals surface area contributed by atoms with Gasteiger partial charge in [0.1, 0.15) is 0 Å². The topological polar surface area (TPSA) is 36.4 Å². The van der Waals surface area contributed by atoms with Gasteiger partial charge < -0.3 is 5.53 Å². The third-order valence-electron chi connectivity index (χ3n) is 1.16. The standard InChI is InChI=1S/C6H4BrFN2/c7-4-2-1-3-5(10-9)6(4)8/h1-2H,3H2. The van der Waals surface area contributed by atoms with Crippen LogP contribution < -0.4 is 0 Å². The molecule has 0 heterocycles. The van der Waals surface area contributed by atoms with Crippen molar-refractivity contribution >= 4 is 21.6 Å². The first-order valence-corrected chi connectivity index (χ1v) is 3.48. The second-order valence-corrected chi connectivity index (χ2v) is 2.67. The summed E-state index contributed by atoms with van der Waals surface area (Å²) in [5, 5.41) is 0. The molecule has 2 nitrogen and oxygen atoms in total. The maximum absolute atomic E-state index is 12.7. The molecule has 0 fully saturated rings. The van der Waals surface area contributed by atoms with Gasteiger partial charge in [0.05, 0.1) is 10.9 Å². The van der Waals surface area contributed by atoms with E-state index in [-0.39, 0.29) is 5.71 Å². The summed E-state index contributed by atoms with van der Waals surface area (Å²) in [4.78, 5) is 2.78. The van der Waals surface area contributed by atoms with E-state index in [2.05, 4.69) is 20.7 Å². The van der Waals surface area contributed by atoms with Crippen LogP contribution in [0.1, 0.15) is 6.42 Å². The maximum atomic E-state index is 12.7. The summed E-state index contributed by atoms with van der Waals surface area (Å²) in [6.45, 7) is 0. The Morgan fingerprint density at radius 1 is 1.70 bits per heavy atom. The molecular formula is C6H4BrFN2. The molecule has 0 saturated heterocycles. The average Bonchev–Trinajstić information content (AvgIpc) is 1.95. The van der Waals surface area contributed by atoms with E-state index in [0.717, 1.165) is 0 Å². The zero-order valence-electron chi connectivity index (χ0n) is 5.01. The maximum Gasteiger partial charge on any atom is 0.332 e. The molecule has 1 rings (SSSR count). The van der Waals surface area contributed by atoms with Gasteiger partial charge in [-0.05, 0) is 22.0 Å². The van der Waals surface area contributed by atoms with E-state index in [4.69, 9.17) is 5.53 Å². The lowest BCUT2D eigenvalue weighted by Gasteiger charge is -1.96. The molecule has 0 aromatic rings. The smallest absolute Gasteiger partial charge is 0.332 e. The Labute approximate surface area is 65.8 Å². The fourth-order valence-electron chi connectivity index (χ4n) is 0.659. The second-order valence-electron chi connectivity index (χ2n) is 1.82. The quantitative estimate of drug-likeness (QED) is 0.427. The summed E-state index contributed by atoms with van der Waals surface area (Å²) in [6.07, 6.45) is 3.64. The first-order chi connectivity index (χ1) is 4.75. The zero-order chi connectivity index (χ0) is 7.56. The van der Waals surface area contributed by atoms with Crippen LogP contribution in [0.15, 0.2) is 22.5 Å². The molecule has 52 valence electrons. The summed E-state index contributed by atoms with van der Waals surface area (Å²) in [5.41, 5.74) is 8.30. The monoisotopic (exact) mass is 202 g/mol. The van der Waals surface area contributed by atoms with Crippen molar-refractivity contribution in [3.05, 3.63) is 28.0 Å². The van der Waals surface area contributed by atoms with Crippen LogP contribution in [-0.4, -0.2) is 10.5 Å². The summed E-state index contributed by atoms with van der Waals surface area (Å²) in [7, 11) is 0. The highest BCUT2D eigenvalue weighted by molar-refractivity contribution is 9.11. The molecule has 0 amide bonds. The molecule has 10 heavy (non-hydrogen) atoms. The Bertz CT molecular complexity index is 261. The van der Waals surface area contributed by atoms with Crippen molar-refractivity contribution in [2.45, 2.75) is 6.42 Å². The van der Waals surface area contributed by atoms with Crippen LogP contribution in [0.4, 0.5) is 4.39 Å². The Hall–Kier alpha value is -0.730. The van der Waals surface area contributed by atoms with Gasteiger partial charge in [0, 0.05) is 0 Å². The fraction of sp³-hybridized carbons (Fsp3) is 0.167. The number of allylic oxidation sites excluding steroid dienone is 4. The third kappa shape index (κ3) is 1.23. The summed E-state index contributed by atoms with van der Waals surface area (Å²) >= 11 is 2.96. The number of hydrogen-bond acceptors (Lipinski definition) is 0. The molecule has 4 heteroatoms. The molecule has 0 saturated carbocycles. The molecule has 1 aliphatic carbocycles. The molecular weight excluding hydrogens is 199 g/mol. The minimum Gasteiger partial charge on any atom is -0.361 e. The largest absolute Gasteiger partial charge is 0.361 e. The molecule has 0 aliphatic heterocycles. The molecule has 1 aliphatic rings. The average molecular weight is 203 g/mol. The summed E-state index contributed by atoms with van der Waals surface area (Å²) < 4.78 is 13.1. The third-order valence-corrected chi connectivity index (χ3v) is 1.77. The Morgan fingerprint density at radius 2 is 2.40 bits per heavy atom. The highest BCUT2D eigenvalue weighted by Crippen LogP contribution is 2.21. The molecule has 0 aromatic heterocycles. The van der Waals surface area contributed by atoms with Crippen molar-refractivity contribution in [3.8, 4) is 0 Å². The van der Waals surface area contributed by atoms with Gasteiger partial charge in [-0.25, -0.2) is 0 Å². The van der Waals surface area contributed by atoms with Gasteiger partial charge in [0.25, 0.3) is 0 Å². The van der Waals surface area contributed by atoms with Gasteiger partial charge in [-0.15, -0.1) is 0 Å². The van der Waals surface area contributed by atoms with Crippen molar-refractivity contribution in [1.29, 1.82) is 0 Å². The van der Waals surface area contributed by atoms with E-state index in [1.165, 1.54) is 0 Å². The van der Waals surface area contributed by atoms with Gasteiger partial charge in [-0.3, -0.25) is 0 Å². The van der Waals surface area contributed by atoms with Crippen molar-refractivity contribution < 1.29 is 9.18 Å². The van der Waals surface area contributed by atoms with E-state index >= 15 is 0 Å². The van der Waals surface area contributed by atoms with E-state index in [0.29, 0.717) is 10.9 Å². The summed E-state index contributed by atoms with van der Waals surface area (Å²) in [6, 6.07) is 0. The highest BCUT2D eigenvalue weighted by atomic mass is 79.9. The zero-order valence-corrected chi connectivity index (χ0v) is 6.60. The molecule has 0 radical (unpaired) electrons. The first kappa shape index (κ1) is 7.38. The van der Waals surface area contributed by atoms with Crippen molar-refractivity contribution in [3.63, 3.8) is 0 Å². The van der Waals surface area contributed by atoms with Crippen molar-refractivity contribution in [2.75, 3.05) is 0 Å². The molecule has 0 unspecified atom stereocenters. The minimum absolute atomic E-state index is 0.0642. The Morgan fingerprint density at radius 3 is 2.90 bits per heavy atom.